The maximum atomic E-state index is 14.5. The van der Waals surface area contributed by atoms with E-state index in [-0.39, 0.29) is 64.0 Å². The Hall–Kier alpha value is -7.39. The van der Waals surface area contributed by atoms with Crippen LogP contribution in [-0.2, 0) is 74.0 Å². The number of benzene rings is 3. The van der Waals surface area contributed by atoms with Crippen molar-refractivity contribution in [2.75, 3.05) is 52.6 Å². The lowest BCUT2D eigenvalue weighted by Crippen LogP contribution is -2.68. The van der Waals surface area contributed by atoms with Crippen LogP contribution in [0.5, 0.6) is 0 Å². The third-order valence-corrected chi connectivity index (χ3v) is 18.9. The van der Waals surface area contributed by atoms with E-state index in [9.17, 15) is 37.2 Å². The van der Waals surface area contributed by atoms with Crippen molar-refractivity contribution >= 4 is 45.6 Å². The second-order valence-electron chi connectivity index (χ2n) is 23.7. The van der Waals surface area contributed by atoms with Gasteiger partial charge in [-0.1, -0.05) is 119 Å². The summed E-state index contributed by atoms with van der Waals surface area (Å²) in [6, 6.07) is 26.7. The van der Waals surface area contributed by atoms with Crippen LogP contribution in [0.25, 0.3) is 0 Å². The third-order valence-electron chi connectivity index (χ3n) is 18.1. The first-order valence-corrected chi connectivity index (χ1v) is 31.7. The van der Waals surface area contributed by atoms with Crippen LogP contribution in [-0.4, -0.2) is 155 Å². The van der Waals surface area contributed by atoms with E-state index in [4.69, 9.17) is 14.0 Å². The van der Waals surface area contributed by atoms with Crippen LogP contribution in [0.15, 0.2) is 108 Å². The largest absolute Gasteiger partial charge is 0.378 e. The van der Waals surface area contributed by atoms with Crippen LogP contribution in [0.4, 0.5) is 0 Å². The lowest BCUT2D eigenvalue weighted by Gasteiger charge is -2.47. The molecule has 4 saturated heterocycles. The molecule has 6 aliphatic rings. The monoisotopic (exact) mass is 1190 g/mol. The molecule has 11 rings (SSSR count). The van der Waals surface area contributed by atoms with Gasteiger partial charge in [0.05, 0.1) is 31.3 Å². The molecule has 8 atom stereocenters. The number of hydrogen-bond acceptors (Lipinski definition) is 12. The number of pyridine rings is 2. The SMILES string of the molecule is CC[C@H](C)[C@@H]1C(=O)N[C@H](C2Cc3ccccc3C2)C(=O)N1[C@@H](C(=O)N1CCOCC1)c1ccc(C)nc1C.CC[C@H](C)[C@@H]1C(=O)N[C@H](C2Cc3ccccc3C2)C(=O)N1[C@@H](C(=O)N1CCOCC1)c1ccc(C)nc1C.O=S(=O)(O)c1ccccc1. The highest BCUT2D eigenvalue weighted by atomic mass is 32.2. The zero-order valence-electron chi connectivity index (χ0n) is 50.6. The fourth-order valence-corrected chi connectivity index (χ4v) is 13.6. The number of aryl methyl sites for hydroxylation is 4. The van der Waals surface area contributed by atoms with Gasteiger partial charge in [0.25, 0.3) is 10.1 Å². The number of ether oxygens (including phenoxy) is 2. The number of carbonyl (C=O) groups is 6. The van der Waals surface area contributed by atoms with Crippen molar-refractivity contribution in [1.82, 2.24) is 40.2 Å². The molecular weight excluding hydrogens is 1110 g/mol. The van der Waals surface area contributed by atoms with E-state index >= 15 is 0 Å². The summed E-state index contributed by atoms with van der Waals surface area (Å²) in [6.45, 7) is 19.2. The molecule has 3 aromatic carbocycles. The lowest BCUT2D eigenvalue weighted by atomic mass is 9.85. The summed E-state index contributed by atoms with van der Waals surface area (Å²) in [5, 5.41) is 6.19. The van der Waals surface area contributed by atoms with Crippen molar-refractivity contribution in [3.63, 3.8) is 0 Å². The van der Waals surface area contributed by atoms with E-state index in [0.29, 0.717) is 88.0 Å². The van der Waals surface area contributed by atoms with Crippen molar-refractivity contribution in [3.8, 4) is 0 Å². The summed E-state index contributed by atoms with van der Waals surface area (Å²) in [5.74, 6) is -1.44. The van der Waals surface area contributed by atoms with Gasteiger partial charge < -0.3 is 39.7 Å². The fraction of sp³-hybridized carbons (Fsp3) is 0.485. The first kappa shape index (κ1) is 63.1. The highest BCUT2D eigenvalue weighted by Crippen LogP contribution is 2.40. The molecule has 458 valence electrons. The van der Waals surface area contributed by atoms with Gasteiger partial charge in [0, 0.05) is 60.1 Å². The molecule has 4 aliphatic heterocycles. The van der Waals surface area contributed by atoms with E-state index < -0.39 is 46.4 Å². The van der Waals surface area contributed by atoms with Gasteiger partial charge in [0.1, 0.15) is 36.3 Å². The second-order valence-corrected chi connectivity index (χ2v) is 25.1. The van der Waals surface area contributed by atoms with Crippen LogP contribution in [0.2, 0.25) is 0 Å². The highest BCUT2D eigenvalue weighted by Gasteiger charge is 2.54. The number of amides is 6. The summed E-state index contributed by atoms with van der Waals surface area (Å²) in [5.41, 5.74) is 9.30. The van der Waals surface area contributed by atoms with Crippen molar-refractivity contribution < 1.29 is 51.2 Å². The first-order valence-electron chi connectivity index (χ1n) is 30.2. The molecule has 6 heterocycles. The van der Waals surface area contributed by atoms with Crippen molar-refractivity contribution in [2.45, 2.75) is 135 Å². The van der Waals surface area contributed by atoms with Gasteiger partial charge in [-0.15, -0.1) is 0 Å². The van der Waals surface area contributed by atoms with E-state index in [1.165, 1.54) is 34.4 Å². The quantitative estimate of drug-likeness (QED) is 0.108. The summed E-state index contributed by atoms with van der Waals surface area (Å²) in [4.78, 5) is 101. The number of hydrogen-bond donors (Lipinski definition) is 3. The number of nitrogens with zero attached hydrogens (tertiary/aromatic N) is 6. The Bertz CT molecular complexity index is 3170. The van der Waals surface area contributed by atoms with E-state index in [1.807, 2.05) is 104 Å². The van der Waals surface area contributed by atoms with Gasteiger partial charge >= 0.3 is 0 Å². The van der Waals surface area contributed by atoms with Gasteiger partial charge in [-0.2, -0.15) is 8.42 Å². The topological polar surface area (TPSA) is 238 Å². The van der Waals surface area contributed by atoms with Gasteiger partial charge in [-0.3, -0.25) is 43.3 Å². The maximum absolute atomic E-state index is 14.5. The molecule has 2 aromatic heterocycles. The summed E-state index contributed by atoms with van der Waals surface area (Å²) >= 11 is 0. The molecule has 6 amide bonds. The van der Waals surface area contributed by atoms with Crippen LogP contribution in [0.3, 0.4) is 0 Å². The average molecular weight is 1200 g/mol. The van der Waals surface area contributed by atoms with Gasteiger partial charge in [-0.05, 0) is 124 Å². The summed E-state index contributed by atoms with van der Waals surface area (Å²) in [7, 11) is -4.00. The van der Waals surface area contributed by atoms with Crippen LogP contribution < -0.4 is 10.6 Å². The van der Waals surface area contributed by atoms with Gasteiger partial charge in [-0.25, -0.2) is 0 Å². The van der Waals surface area contributed by atoms with E-state index in [0.717, 1.165) is 37.1 Å². The van der Waals surface area contributed by atoms with Gasteiger partial charge in [0.15, 0.2) is 0 Å². The molecule has 4 fully saturated rings. The Morgan fingerprint density at radius 1 is 0.547 bits per heavy atom. The lowest BCUT2D eigenvalue weighted by molar-refractivity contribution is -0.163. The zero-order chi connectivity index (χ0) is 61.6. The molecule has 0 spiro atoms. The van der Waals surface area contributed by atoms with Gasteiger partial charge in [0.2, 0.25) is 35.4 Å². The van der Waals surface area contributed by atoms with Crippen LogP contribution >= 0.6 is 0 Å². The molecule has 3 N–H and O–H groups in total. The molecule has 0 radical (unpaired) electrons. The molecule has 0 bridgehead atoms. The Labute approximate surface area is 505 Å². The zero-order valence-corrected chi connectivity index (χ0v) is 51.4. The predicted octanol–water partition coefficient (Wildman–Crippen LogP) is 6.44. The summed E-state index contributed by atoms with van der Waals surface area (Å²) < 4.78 is 40.2. The van der Waals surface area contributed by atoms with E-state index in [2.05, 4.69) is 44.9 Å². The number of morpholine rings is 2. The average Bonchev–Trinajstić information content (AvgIpc) is 1.10. The molecule has 0 unspecified atom stereocenters. The maximum Gasteiger partial charge on any atom is 0.294 e. The van der Waals surface area contributed by atoms with Crippen LogP contribution in [0.1, 0.15) is 109 Å². The minimum atomic E-state index is -4.00. The molecule has 5 aromatic rings. The number of fused-ring (bicyclic) bond motifs is 2. The minimum absolute atomic E-state index is 0.0550. The number of carbonyl (C=O) groups excluding carboxylic acids is 6. The molecule has 2 aliphatic carbocycles. The van der Waals surface area contributed by atoms with E-state index in [1.54, 1.807) is 37.8 Å². The highest BCUT2D eigenvalue weighted by molar-refractivity contribution is 7.85. The molecule has 86 heavy (non-hydrogen) atoms. The Morgan fingerprint density at radius 2 is 0.884 bits per heavy atom. The van der Waals surface area contributed by atoms with Crippen molar-refractivity contribution in [1.29, 1.82) is 0 Å². The molecular formula is C66H82N8O11S. The second kappa shape index (κ2) is 27.5. The van der Waals surface area contributed by atoms with Crippen LogP contribution in [0, 0.1) is 51.4 Å². The predicted molar refractivity (Wildman–Crippen MR) is 323 cm³/mol. The first-order chi connectivity index (χ1) is 41.2. The number of piperazine rings is 2. The Kier molecular flexibility index (Phi) is 20.2. The number of nitrogens with one attached hydrogen (secondary N) is 2. The fourth-order valence-electron chi connectivity index (χ4n) is 13.1. The molecule has 19 nitrogen and oxygen atoms in total. The normalized spacial score (nSPS) is 22.2. The Morgan fingerprint density at radius 3 is 1.19 bits per heavy atom. The van der Waals surface area contributed by atoms with Crippen molar-refractivity contribution in [2.24, 2.45) is 23.7 Å². The third kappa shape index (κ3) is 13.7. The number of rotatable bonds is 13. The summed E-state index contributed by atoms with van der Waals surface area (Å²) in [6.07, 6.45) is 4.30. The Balaban J connectivity index is 0.000000177. The van der Waals surface area contributed by atoms with Crippen molar-refractivity contribution in [3.05, 3.63) is 159 Å². The standard InChI is InChI=1S/2C30H38N4O4.C6H6O3S/c2*1-5-18(2)26-28(35)32-25(23-16-21-8-6-7-9-22(21)17-23)29(36)34(26)27(24-11-10-19(3)31-20(24)4)30(37)33-12-14-38-15-13-33;7-10(8,9)6-4-2-1-3-5-6/h2*6-11,18,23,25-27H,5,12-17H2,1-4H3,(H,32,35);1-5H,(H,7,8,9)/t2*18-,25+,26+,27+;/m00./s1. The molecule has 20 heteroatoms. The number of aromatic nitrogens is 2. The molecule has 0 saturated carbocycles. The minimum Gasteiger partial charge on any atom is -0.378 e. The smallest absolute Gasteiger partial charge is 0.294 e.